The van der Waals surface area contributed by atoms with Gasteiger partial charge in [-0.05, 0) is 36.8 Å². The minimum absolute atomic E-state index is 0.0213. The van der Waals surface area contributed by atoms with E-state index in [1.165, 1.54) is 18.4 Å². The van der Waals surface area contributed by atoms with Crippen LogP contribution in [-0.4, -0.2) is 61.3 Å². The Balaban J connectivity index is 1.55. The Bertz CT molecular complexity index is 589. The van der Waals surface area contributed by atoms with Crippen LogP contribution in [0.2, 0.25) is 0 Å². The van der Waals surface area contributed by atoms with E-state index in [4.69, 9.17) is 4.74 Å². The molecule has 0 aromatic heterocycles. The molecule has 2 aliphatic rings. The second-order valence-corrected chi connectivity index (χ2v) is 7.55. The van der Waals surface area contributed by atoms with Gasteiger partial charge in [0.15, 0.2) is 0 Å². The van der Waals surface area contributed by atoms with Crippen molar-refractivity contribution in [1.29, 1.82) is 0 Å². The predicted octanol–water partition coefficient (Wildman–Crippen LogP) is 3.45. The molecule has 0 spiro atoms. The lowest BCUT2D eigenvalue weighted by Crippen LogP contribution is -2.51. The average molecular weight is 345 g/mol. The van der Waals surface area contributed by atoms with Crippen LogP contribution in [0.15, 0.2) is 18.2 Å². The van der Waals surface area contributed by atoms with E-state index in [0.717, 1.165) is 50.6 Å². The molecular formula is C20H31N3O2. The normalized spacial score (nSPS) is 21.8. The van der Waals surface area contributed by atoms with Crippen molar-refractivity contribution < 1.29 is 9.53 Å². The summed E-state index contributed by atoms with van der Waals surface area (Å²) < 4.78 is 5.72. The molecule has 2 heterocycles. The van der Waals surface area contributed by atoms with E-state index in [0.29, 0.717) is 12.0 Å². The molecule has 0 bridgehead atoms. The van der Waals surface area contributed by atoms with E-state index in [-0.39, 0.29) is 6.03 Å². The van der Waals surface area contributed by atoms with Crippen molar-refractivity contribution in [2.24, 2.45) is 0 Å². The zero-order valence-corrected chi connectivity index (χ0v) is 15.8. The van der Waals surface area contributed by atoms with E-state index >= 15 is 0 Å². The molecule has 1 N–H and O–H groups in total. The van der Waals surface area contributed by atoms with Gasteiger partial charge < -0.3 is 15.0 Å². The summed E-state index contributed by atoms with van der Waals surface area (Å²) in [6.45, 7) is 11.7. The highest BCUT2D eigenvalue weighted by atomic mass is 16.5. The molecule has 25 heavy (non-hydrogen) atoms. The van der Waals surface area contributed by atoms with Crippen LogP contribution in [0.1, 0.15) is 43.7 Å². The van der Waals surface area contributed by atoms with E-state index in [1.54, 1.807) is 0 Å². The van der Waals surface area contributed by atoms with Gasteiger partial charge >= 0.3 is 6.03 Å². The number of hydrogen-bond donors (Lipinski definition) is 1. The maximum atomic E-state index is 12.7. The van der Waals surface area contributed by atoms with Crippen LogP contribution in [0.5, 0.6) is 0 Å². The van der Waals surface area contributed by atoms with Gasteiger partial charge in [-0.3, -0.25) is 4.90 Å². The number of carbonyl (C=O) groups is 1. The molecule has 1 unspecified atom stereocenters. The monoisotopic (exact) mass is 345 g/mol. The molecule has 0 saturated carbocycles. The molecule has 2 aliphatic heterocycles. The third-order valence-electron chi connectivity index (χ3n) is 5.30. The second-order valence-electron chi connectivity index (χ2n) is 7.55. The van der Waals surface area contributed by atoms with Gasteiger partial charge in [-0.25, -0.2) is 4.79 Å². The highest BCUT2D eigenvalue weighted by Gasteiger charge is 2.25. The number of carbonyl (C=O) groups excluding carboxylic acids is 1. The van der Waals surface area contributed by atoms with Crippen molar-refractivity contribution in [2.45, 2.75) is 45.6 Å². The number of amides is 2. The van der Waals surface area contributed by atoms with Gasteiger partial charge in [0, 0.05) is 45.0 Å². The fraction of sp³-hybridized carbons (Fsp3) is 0.650. The molecule has 1 aromatic carbocycles. The van der Waals surface area contributed by atoms with E-state index < -0.39 is 0 Å². The second kappa shape index (κ2) is 8.19. The van der Waals surface area contributed by atoms with Gasteiger partial charge in [0.1, 0.15) is 0 Å². The van der Waals surface area contributed by atoms with Gasteiger partial charge in [0.25, 0.3) is 0 Å². The lowest BCUT2D eigenvalue weighted by atomic mass is 9.98. The van der Waals surface area contributed by atoms with Crippen LogP contribution in [-0.2, 0) is 4.74 Å². The quantitative estimate of drug-likeness (QED) is 0.909. The molecule has 0 radical (unpaired) electrons. The minimum atomic E-state index is 0.0213. The zero-order chi connectivity index (χ0) is 17.8. The average Bonchev–Trinajstić information content (AvgIpc) is 3.10. The Morgan fingerprint density at radius 2 is 2.04 bits per heavy atom. The molecule has 0 aliphatic carbocycles. The zero-order valence-electron chi connectivity index (χ0n) is 15.8. The molecule has 1 atom stereocenters. The van der Waals surface area contributed by atoms with Crippen LogP contribution in [0.25, 0.3) is 0 Å². The molecule has 2 amide bonds. The molecule has 5 nitrogen and oxygen atoms in total. The Kier molecular flexibility index (Phi) is 5.97. The number of ether oxygens (including phenoxy) is 1. The summed E-state index contributed by atoms with van der Waals surface area (Å²) in [5, 5.41) is 3.16. The minimum Gasteiger partial charge on any atom is -0.377 e. The summed E-state index contributed by atoms with van der Waals surface area (Å²) in [6, 6.07) is 6.24. The standard InChI is InChI=1S/C20H31N3O2/c1-15(2)18-8-4-6-16(3)19(18)21-20(24)23-11-9-22(10-12-23)14-17-7-5-13-25-17/h4,6,8,15,17H,5,7,9-14H2,1-3H3,(H,21,24). The first kappa shape index (κ1) is 18.2. The lowest BCUT2D eigenvalue weighted by molar-refractivity contribution is 0.0572. The lowest BCUT2D eigenvalue weighted by Gasteiger charge is -2.36. The number of hydrogen-bond acceptors (Lipinski definition) is 3. The van der Waals surface area contributed by atoms with Gasteiger partial charge in [0.2, 0.25) is 0 Å². The first-order valence-electron chi connectivity index (χ1n) is 9.54. The fourth-order valence-corrected chi connectivity index (χ4v) is 3.74. The number of piperazine rings is 1. The fourth-order valence-electron chi connectivity index (χ4n) is 3.74. The van der Waals surface area contributed by atoms with E-state index in [9.17, 15) is 4.79 Å². The van der Waals surface area contributed by atoms with Gasteiger partial charge in [0.05, 0.1) is 6.10 Å². The Morgan fingerprint density at radius 3 is 2.68 bits per heavy atom. The van der Waals surface area contributed by atoms with Gasteiger partial charge in [-0.15, -0.1) is 0 Å². The van der Waals surface area contributed by atoms with Crippen molar-refractivity contribution in [3.05, 3.63) is 29.3 Å². The molecule has 3 rings (SSSR count). The van der Waals surface area contributed by atoms with Crippen molar-refractivity contribution in [3.8, 4) is 0 Å². The summed E-state index contributed by atoms with van der Waals surface area (Å²) in [7, 11) is 0. The number of para-hydroxylation sites is 1. The number of benzene rings is 1. The van der Waals surface area contributed by atoms with Crippen LogP contribution in [0.3, 0.4) is 0 Å². The Hall–Kier alpha value is -1.59. The van der Waals surface area contributed by atoms with Gasteiger partial charge in [-0.1, -0.05) is 32.0 Å². The van der Waals surface area contributed by atoms with Crippen molar-refractivity contribution in [1.82, 2.24) is 9.80 Å². The third kappa shape index (κ3) is 4.53. The molecular weight excluding hydrogens is 314 g/mol. The van der Waals surface area contributed by atoms with Gasteiger partial charge in [-0.2, -0.15) is 0 Å². The molecule has 2 saturated heterocycles. The number of anilines is 1. The topological polar surface area (TPSA) is 44.8 Å². The number of rotatable bonds is 4. The van der Waals surface area contributed by atoms with Crippen LogP contribution in [0, 0.1) is 6.92 Å². The maximum absolute atomic E-state index is 12.7. The van der Waals surface area contributed by atoms with E-state index in [1.807, 2.05) is 4.90 Å². The third-order valence-corrected chi connectivity index (χ3v) is 5.30. The summed E-state index contributed by atoms with van der Waals surface area (Å²) in [4.78, 5) is 17.1. The maximum Gasteiger partial charge on any atom is 0.321 e. The predicted molar refractivity (Wildman–Crippen MR) is 101 cm³/mol. The molecule has 1 aromatic rings. The Morgan fingerprint density at radius 1 is 1.28 bits per heavy atom. The van der Waals surface area contributed by atoms with Crippen molar-refractivity contribution in [3.63, 3.8) is 0 Å². The summed E-state index contributed by atoms with van der Waals surface area (Å²) in [5.74, 6) is 0.387. The number of urea groups is 1. The van der Waals surface area contributed by atoms with Crippen LogP contribution < -0.4 is 5.32 Å². The summed E-state index contributed by atoms with van der Waals surface area (Å²) >= 11 is 0. The number of nitrogens with zero attached hydrogens (tertiary/aromatic N) is 2. The molecule has 5 heteroatoms. The molecule has 138 valence electrons. The highest BCUT2D eigenvalue weighted by molar-refractivity contribution is 5.91. The number of aryl methyl sites for hydroxylation is 1. The number of nitrogens with one attached hydrogen (secondary N) is 1. The summed E-state index contributed by atoms with van der Waals surface area (Å²) in [6.07, 6.45) is 2.74. The molecule has 2 fully saturated rings. The van der Waals surface area contributed by atoms with Crippen LogP contribution in [0.4, 0.5) is 10.5 Å². The van der Waals surface area contributed by atoms with Crippen LogP contribution >= 0.6 is 0 Å². The first-order chi connectivity index (χ1) is 12.0. The van der Waals surface area contributed by atoms with Crippen molar-refractivity contribution in [2.75, 3.05) is 44.6 Å². The largest absolute Gasteiger partial charge is 0.377 e. The highest BCUT2D eigenvalue weighted by Crippen LogP contribution is 2.27. The SMILES string of the molecule is Cc1cccc(C(C)C)c1NC(=O)N1CCN(CC2CCCO2)CC1. The van der Waals surface area contributed by atoms with Crippen molar-refractivity contribution >= 4 is 11.7 Å². The smallest absolute Gasteiger partial charge is 0.321 e. The van der Waals surface area contributed by atoms with E-state index in [2.05, 4.69) is 49.2 Å². The summed E-state index contributed by atoms with van der Waals surface area (Å²) in [5.41, 5.74) is 3.30. The first-order valence-corrected chi connectivity index (χ1v) is 9.54. The Labute approximate surface area is 151 Å².